The van der Waals surface area contributed by atoms with Crippen molar-refractivity contribution in [1.29, 1.82) is 0 Å². The summed E-state index contributed by atoms with van der Waals surface area (Å²) in [5, 5.41) is 7.95. The third kappa shape index (κ3) is 5.12. The number of para-hydroxylation sites is 1. The molecular weight excluding hydrogens is 354 g/mol. The zero-order chi connectivity index (χ0) is 19.8. The molecule has 2 N–H and O–H groups in total. The first-order valence-corrected chi connectivity index (χ1v) is 10.0. The number of likely N-dealkylation sites (tertiary alicyclic amines) is 1. The third-order valence-electron chi connectivity index (χ3n) is 4.83. The fourth-order valence-electron chi connectivity index (χ4n) is 3.39. The maximum Gasteiger partial charge on any atom is 0.409 e. The number of hydrogen-bond donors (Lipinski definition) is 2. The molecule has 0 unspecified atom stereocenters. The number of pyridine rings is 1. The van der Waals surface area contributed by atoms with Crippen molar-refractivity contribution in [2.24, 2.45) is 4.99 Å². The van der Waals surface area contributed by atoms with Crippen LogP contribution in [0.3, 0.4) is 0 Å². The van der Waals surface area contributed by atoms with Crippen molar-refractivity contribution < 1.29 is 9.53 Å². The lowest BCUT2D eigenvalue weighted by molar-refractivity contribution is 0.0963. The highest BCUT2D eigenvalue weighted by Gasteiger charge is 2.24. The van der Waals surface area contributed by atoms with E-state index in [1.54, 1.807) is 4.90 Å². The van der Waals surface area contributed by atoms with Crippen LogP contribution >= 0.6 is 0 Å². The van der Waals surface area contributed by atoms with E-state index < -0.39 is 0 Å². The van der Waals surface area contributed by atoms with Gasteiger partial charge >= 0.3 is 6.09 Å². The molecule has 1 aliphatic rings. The molecule has 0 radical (unpaired) electrons. The highest BCUT2D eigenvalue weighted by atomic mass is 16.6. The number of fused-ring (bicyclic) bond motifs is 1. The molecule has 0 atom stereocenters. The molecule has 150 valence electrons. The molecule has 2 aromatic rings. The van der Waals surface area contributed by atoms with Crippen LogP contribution in [-0.4, -0.2) is 54.2 Å². The lowest BCUT2D eigenvalue weighted by Gasteiger charge is -2.32. The van der Waals surface area contributed by atoms with Crippen LogP contribution in [0.25, 0.3) is 10.9 Å². The number of ether oxygens (including phenoxy) is 1. The second-order valence-electron chi connectivity index (χ2n) is 6.79. The highest BCUT2D eigenvalue weighted by Crippen LogP contribution is 2.17. The van der Waals surface area contributed by atoms with Crippen LogP contribution in [0.4, 0.5) is 4.79 Å². The largest absolute Gasteiger partial charge is 0.450 e. The van der Waals surface area contributed by atoms with Crippen molar-refractivity contribution in [2.45, 2.75) is 39.3 Å². The number of aromatic nitrogens is 1. The van der Waals surface area contributed by atoms with Crippen LogP contribution in [0.15, 0.2) is 41.5 Å². The molecule has 1 fully saturated rings. The summed E-state index contributed by atoms with van der Waals surface area (Å²) < 4.78 is 5.08. The Morgan fingerprint density at radius 2 is 2.04 bits per heavy atom. The number of hydrogen-bond acceptors (Lipinski definition) is 4. The van der Waals surface area contributed by atoms with Gasteiger partial charge in [-0.3, -0.25) is 4.98 Å². The van der Waals surface area contributed by atoms with Gasteiger partial charge in [0.25, 0.3) is 0 Å². The minimum atomic E-state index is -0.218. The molecule has 7 heteroatoms. The number of nitrogens with one attached hydrogen (secondary N) is 2. The quantitative estimate of drug-likeness (QED) is 0.613. The van der Waals surface area contributed by atoms with Crippen LogP contribution in [0.2, 0.25) is 0 Å². The zero-order valence-electron chi connectivity index (χ0n) is 16.6. The molecule has 2 heterocycles. The Hall–Kier alpha value is -2.83. The SMILES string of the molecule is CCNC(=NCc1cccc2cccnc12)NC1CCN(C(=O)OCC)CC1. The number of rotatable bonds is 5. The Bertz CT molecular complexity index is 810. The second-order valence-corrected chi connectivity index (χ2v) is 6.79. The number of amides is 1. The number of benzene rings is 1. The Balaban J connectivity index is 1.61. The summed E-state index contributed by atoms with van der Waals surface area (Å²) in [5.74, 6) is 0.796. The van der Waals surface area contributed by atoms with Crippen LogP contribution in [0.5, 0.6) is 0 Å². The lowest BCUT2D eigenvalue weighted by atomic mass is 10.1. The fraction of sp³-hybridized carbons (Fsp3) is 0.476. The molecule has 28 heavy (non-hydrogen) atoms. The summed E-state index contributed by atoms with van der Waals surface area (Å²) in [7, 11) is 0. The maximum absolute atomic E-state index is 11.8. The van der Waals surface area contributed by atoms with Crippen molar-refractivity contribution in [1.82, 2.24) is 20.5 Å². The second kappa shape index (κ2) is 9.92. The van der Waals surface area contributed by atoms with Crippen LogP contribution in [0, 0.1) is 0 Å². The first-order chi connectivity index (χ1) is 13.7. The summed E-state index contributed by atoms with van der Waals surface area (Å²) >= 11 is 0. The molecular formula is C21H29N5O2. The zero-order valence-corrected chi connectivity index (χ0v) is 16.6. The summed E-state index contributed by atoms with van der Waals surface area (Å²) in [5.41, 5.74) is 2.10. The van der Waals surface area contributed by atoms with E-state index in [1.807, 2.05) is 25.3 Å². The summed E-state index contributed by atoms with van der Waals surface area (Å²) in [6, 6.07) is 10.5. The molecule has 1 amide bonds. The number of carbonyl (C=O) groups excluding carboxylic acids is 1. The van der Waals surface area contributed by atoms with E-state index in [2.05, 4.69) is 40.7 Å². The molecule has 1 aromatic carbocycles. The monoisotopic (exact) mass is 383 g/mol. The minimum absolute atomic E-state index is 0.218. The number of piperidine rings is 1. The lowest BCUT2D eigenvalue weighted by Crippen LogP contribution is -2.49. The van der Waals surface area contributed by atoms with Gasteiger partial charge in [0.2, 0.25) is 0 Å². The van der Waals surface area contributed by atoms with Crippen molar-refractivity contribution in [2.75, 3.05) is 26.2 Å². The van der Waals surface area contributed by atoms with Crippen molar-refractivity contribution >= 4 is 23.0 Å². The van der Waals surface area contributed by atoms with Gasteiger partial charge in [-0.25, -0.2) is 9.79 Å². The molecule has 1 aliphatic heterocycles. The predicted molar refractivity (Wildman–Crippen MR) is 111 cm³/mol. The van der Waals surface area contributed by atoms with Gasteiger partial charge in [-0.1, -0.05) is 24.3 Å². The first-order valence-electron chi connectivity index (χ1n) is 10.0. The van der Waals surface area contributed by atoms with Gasteiger partial charge in [0.05, 0.1) is 18.7 Å². The highest BCUT2D eigenvalue weighted by molar-refractivity contribution is 5.83. The van der Waals surface area contributed by atoms with Gasteiger partial charge in [0, 0.05) is 37.3 Å². The number of carbonyl (C=O) groups is 1. The van der Waals surface area contributed by atoms with Gasteiger partial charge in [-0.15, -0.1) is 0 Å². The molecule has 0 saturated carbocycles. The van der Waals surface area contributed by atoms with E-state index in [-0.39, 0.29) is 12.1 Å². The topological polar surface area (TPSA) is 78.9 Å². The van der Waals surface area contributed by atoms with Gasteiger partial charge in [-0.05, 0) is 38.3 Å². The smallest absolute Gasteiger partial charge is 0.409 e. The average Bonchev–Trinajstić information content (AvgIpc) is 2.73. The summed E-state index contributed by atoms with van der Waals surface area (Å²) in [6.45, 7) is 7.05. The molecule has 7 nitrogen and oxygen atoms in total. The molecule has 0 bridgehead atoms. The maximum atomic E-state index is 11.8. The van der Waals surface area contributed by atoms with Gasteiger partial charge in [0.15, 0.2) is 5.96 Å². The summed E-state index contributed by atoms with van der Waals surface area (Å²) in [4.78, 5) is 22.9. The molecule has 3 rings (SSSR count). The van der Waals surface area contributed by atoms with Crippen LogP contribution < -0.4 is 10.6 Å². The third-order valence-corrected chi connectivity index (χ3v) is 4.83. The minimum Gasteiger partial charge on any atom is -0.450 e. The van der Waals surface area contributed by atoms with E-state index in [0.29, 0.717) is 26.2 Å². The molecule has 1 aromatic heterocycles. The molecule has 0 spiro atoms. The van der Waals surface area contributed by atoms with Gasteiger partial charge in [0.1, 0.15) is 0 Å². The van der Waals surface area contributed by atoms with Crippen molar-refractivity contribution in [3.05, 3.63) is 42.1 Å². The Kier molecular flexibility index (Phi) is 7.06. The fourth-order valence-corrected chi connectivity index (χ4v) is 3.39. The molecule has 1 saturated heterocycles. The standard InChI is InChI=1S/C21H29N5O2/c1-3-22-20(25-18-10-13-26(14-11-18)21(27)28-4-2)24-15-17-8-5-7-16-9-6-12-23-19(16)17/h5-9,12,18H,3-4,10-11,13-15H2,1-2H3,(H2,22,24,25). The Morgan fingerprint density at radius 1 is 1.25 bits per heavy atom. The van der Waals surface area contributed by atoms with E-state index in [4.69, 9.17) is 9.73 Å². The summed E-state index contributed by atoms with van der Waals surface area (Å²) in [6.07, 6.45) is 3.35. The molecule has 0 aliphatic carbocycles. The normalized spacial score (nSPS) is 15.5. The predicted octanol–water partition coefficient (Wildman–Crippen LogP) is 2.91. The first kappa shape index (κ1) is 19.9. The van der Waals surface area contributed by atoms with Crippen LogP contribution in [0.1, 0.15) is 32.3 Å². The van der Waals surface area contributed by atoms with E-state index in [0.717, 1.165) is 41.8 Å². The number of guanidine groups is 1. The van der Waals surface area contributed by atoms with E-state index in [1.165, 1.54) is 0 Å². The van der Waals surface area contributed by atoms with E-state index >= 15 is 0 Å². The van der Waals surface area contributed by atoms with Crippen molar-refractivity contribution in [3.8, 4) is 0 Å². The van der Waals surface area contributed by atoms with E-state index in [9.17, 15) is 4.79 Å². The average molecular weight is 383 g/mol. The number of nitrogens with zero attached hydrogens (tertiary/aromatic N) is 3. The Labute approximate surface area is 166 Å². The number of aliphatic imine (C=N–C) groups is 1. The van der Waals surface area contributed by atoms with Crippen molar-refractivity contribution in [3.63, 3.8) is 0 Å². The van der Waals surface area contributed by atoms with Gasteiger partial charge < -0.3 is 20.3 Å². The van der Waals surface area contributed by atoms with Gasteiger partial charge in [-0.2, -0.15) is 0 Å². The Morgan fingerprint density at radius 3 is 2.79 bits per heavy atom. The van der Waals surface area contributed by atoms with Crippen LogP contribution in [-0.2, 0) is 11.3 Å².